The molecule has 0 radical (unpaired) electrons. The third-order valence-electron chi connectivity index (χ3n) is 8.04. The van der Waals surface area contributed by atoms with Crippen LogP contribution in [0.5, 0.6) is 28.9 Å². The van der Waals surface area contributed by atoms with Gasteiger partial charge >= 0.3 is 0 Å². The van der Waals surface area contributed by atoms with Crippen LogP contribution in [0.25, 0.3) is 11.1 Å². The van der Waals surface area contributed by atoms with E-state index < -0.39 is 0 Å². The van der Waals surface area contributed by atoms with Crippen LogP contribution in [0.3, 0.4) is 0 Å². The number of hydrogen-bond acceptors (Lipinski definition) is 8. The minimum atomic E-state index is -0.250. The minimum Gasteiger partial charge on any atom is -0.488 e. The van der Waals surface area contributed by atoms with Gasteiger partial charge in [0.2, 0.25) is 5.88 Å². The molecule has 46 heavy (non-hydrogen) atoms. The number of piperidine rings is 1. The molecule has 0 spiro atoms. The number of hydrogen-bond donors (Lipinski definition) is 1. The summed E-state index contributed by atoms with van der Waals surface area (Å²) in [6, 6.07) is 20.1. The Balaban J connectivity index is 0.00000134. The van der Waals surface area contributed by atoms with Crippen molar-refractivity contribution in [3.8, 4) is 40.0 Å². The molecule has 0 saturated carbocycles. The van der Waals surface area contributed by atoms with Gasteiger partial charge in [-0.2, -0.15) is 0 Å². The highest BCUT2D eigenvalue weighted by Gasteiger charge is 2.18. The van der Waals surface area contributed by atoms with Crippen LogP contribution in [0.2, 0.25) is 5.02 Å². The molecule has 3 heterocycles. The molecule has 1 fully saturated rings. The second kappa shape index (κ2) is 16.2. The van der Waals surface area contributed by atoms with Crippen molar-refractivity contribution in [1.82, 2.24) is 9.88 Å². The van der Waals surface area contributed by atoms with Crippen molar-refractivity contribution in [3.63, 3.8) is 0 Å². The van der Waals surface area contributed by atoms with E-state index in [1.165, 1.54) is 19.3 Å². The predicted molar refractivity (Wildman–Crippen MR) is 176 cm³/mol. The number of nitrogens with zero attached hydrogens (tertiary/aromatic N) is 2. The van der Waals surface area contributed by atoms with E-state index >= 15 is 0 Å². The lowest BCUT2D eigenvalue weighted by Crippen LogP contribution is -2.29. The van der Waals surface area contributed by atoms with Crippen LogP contribution in [0.1, 0.15) is 41.5 Å². The van der Waals surface area contributed by atoms with E-state index in [9.17, 15) is 0 Å². The summed E-state index contributed by atoms with van der Waals surface area (Å²) >= 11 is 6.83. The first kappa shape index (κ1) is 32.9. The summed E-state index contributed by atoms with van der Waals surface area (Å²) in [7, 11) is 1.61. The molecule has 242 valence electrons. The lowest BCUT2D eigenvalue weighted by molar-refractivity contribution is -0.122. The van der Waals surface area contributed by atoms with Crippen LogP contribution >= 0.6 is 11.6 Å². The number of carbonyl (C=O) groups is 1. The molecule has 10 heteroatoms. The van der Waals surface area contributed by atoms with Gasteiger partial charge in [-0.25, -0.2) is 4.98 Å². The third-order valence-corrected chi connectivity index (χ3v) is 8.34. The molecular weight excluding hydrogens is 608 g/mol. The maximum atomic E-state index is 8.36. The minimum absolute atomic E-state index is 0.250. The zero-order chi connectivity index (χ0) is 32.3. The average molecular weight is 647 g/mol. The van der Waals surface area contributed by atoms with Crippen molar-refractivity contribution in [2.45, 2.75) is 45.9 Å². The fourth-order valence-corrected chi connectivity index (χ4v) is 5.88. The summed E-state index contributed by atoms with van der Waals surface area (Å²) < 4.78 is 29.6. The Morgan fingerprint density at radius 3 is 2.46 bits per heavy atom. The van der Waals surface area contributed by atoms with Gasteiger partial charge in [-0.15, -0.1) is 0 Å². The van der Waals surface area contributed by atoms with Crippen LogP contribution in [0.4, 0.5) is 0 Å². The van der Waals surface area contributed by atoms with Crippen LogP contribution in [0.15, 0.2) is 66.9 Å². The van der Waals surface area contributed by atoms with Gasteiger partial charge in [0, 0.05) is 30.4 Å². The van der Waals surface area contributed by atoms with Crippen molar-refractivity contribution in [2.24, 2.45) is 0 Å². The van der Waals surface area contributed by atoms with Crippen molar-refractivity contribution in [3.05, 3.63) is 94.1 Å². The Morgan fingerprint density at radius 1 is 0.913 bits per heavy atom. The molecule has 3 aromatic carbocycles. The largest absolute Gasteiger partial charge is 0.488 e. The summed E-state index contributed by atoms with van der Waals surface area (Å²) in [5.74, 6) is 3.48. The van der Waals surface area contributed by atoms with Crippen molar-refractivity contribution in [2.75, 3.05) is 33.4 Å². The average Bonchev–Trinajstić information content (AvgIpc) is 3.08. The fraction of sp³-hybridized carbons (Fsp3) is 0.333. The Labute approximate surface area is 274 Å². The van der Waals surface area contributed by atoms with E-state index in [-0.39, 0.29) is 6.47 Å². The van der Waals surface area contributed by atoms with Gasteiger partial charge in [0.05, 0.1) is 12.1 Å². The highest BCUT2D eigenvalue weighted by molar-refractivity contribution is 6.32. The molecule has 9 nitrogen and oxygen atoms in total. The highest BCUT2D eigenvalue weighted by atomic mass is 35.5. The van der Waals surface area contributed by atoms with Crippen LogP contribution < -0.4 is 23.7 Å². The summed E-state index contributed by atoms with van der Waals surface area (Å²) in [5.41, 5.74) is 6.44. The van der Waals surface area contributed by atoms with E-state index in [1.54, 1.807) is 13.3 Å². The van der Waals surface area contributed by atoms with Gasteiger partial charge in [0.15, 0.2) is 11.5 Å². The molecule has 0 amide bonds. The number of pyridine rings is 1. The van der Waals surface area contributed by atoms with Gasteiger partial charge in [-0.3, -0.25) is 9.69 Å². The predicted octanol–water partition coefficient (Wildman–Crippen LogP) is 7.33. The molecular formula is C36H39ClN2O7. The number of rotatable bonds is 10. The molecule has 1 saturated heterocycles. The van der Waals surface area contributed by atoms with E-state index in [1.807, 2.05) is 36.4 Å². The number of likely N-dealkylation sites (tertiary alicyclic amines) is 1. The number of carboxylic acid groups (broad SMARTS) is 1. The molecule has 1 N–H and O–H groups in total. The lowest BCUT2D eigenvalue weighted by atomic mass is 9.96. The normalized spacial score (nSPS) is 14.1. The molecule has 0 bridgehead atoms. The summed E-state index contributed by atoms with van der Waals surface area (Å²) in [6.07, 6.45) is 5.44. The van der Waals surface area contributed by atoms with Crippen LogP contribution in [-0.4, -0.2) is 54.9 Å². The number of benzene rings is 3. The SMILES string of the molecule is COc1cc(COc2cc(OCc3cccc(-c4ccc5c(c4)OCCO5)c3C)c(Cl)cc2CN2CCCCC2)ccn1.O=CO. The van der Waals surface area contributed by atoms with E-state index in [4.69, 9.17) is 45.2 Å². The Kier molecular flexibility index (Phi) is 11.6. The standard InChI is InChI=1S/C35H37ClN2O5.CH2O2/c1-24-27(7-6-8-29(24)26-9-10-31-34(19-26)41-16-15-40-31)23-43-33-20-32(42-22-25-11-12-37-35(17-25)39-2)28(18-30(33)36)21-38-13-4-3-5-14-38;2-1-3/h6-12,17-20H,3-5,13-16,21-23H2,1-2H3;1H,(H,2,3). The molecule has 0 atom stereocenters. The Hall–Kier alpha value is -4.47. The first-order chi connectivity index (χ1) is 22.5. The number of halogens is 1. The number of aromatic nitrogens is 1. The summed E-state index contributed by atoms with van der Waals surface area (Å²) in [4.78, 5) is 15.0. The Bertz CT molecular complexity index is 1620. The van der Waals surface area contributed by atoms with Gasteiger partial charge in [-0.1, -0.05) is 42.3 Å². The highest BCUT2D eigenvalue weighted by Crippen LogP contribution is 2.38. The van der Waals surface area contributed by atoms with Gasteiger partial charge in [0.1, 0.15) is 37.9 Å². The third kappa shape index (κ3) is 8.41. The monoisotopic (exact) mass is 646 g/mol. The maximum absolute atomic E-state index is 8.36. The van der Waals surface area contributed by atoms with E-state index in [2.05, 4.69) is 41.1 Å². The smallest absolute Gasteiger partial charge is 0.290 e. The number of methoxy groups -OCH3 is 1. The zero-order valence-electron chi connectivity index (χ0n) is 26.2. The summed E-state index contributed by atoms with van der Waals surface area (Å²) in [5, 5.41) is 7.46. The molecule has 6 rings (SSSR count). The van der Waals surface area contributed by atoms with Crippen molar-refractivity contribution in [1.29, 1.82) is 0 Å². The first-order valence-corrected chi connectivity index (χ1v) is 15.7. The van der Waals surface area contributed by atoms with Gasteiger partial charge < -0.3 is 28.8 Å². The lowest BCUT2D eigenvalue weighted by Gasteiger charge is -2.27. The second-order valence-corrected chi connectivity index (χ2v) is 11.5. The molecule has 2 aliphatic heterocycles. The Morgan fingerprint density at radius 2 is 1.67 bits per heavy atom. The van der Waals surface area contributed by atoms with E-state index in [0.717, 1.165) is 70.3 Å². The second-order valence-electron chi connectivity index (χ2n) is 11.1. The first-order valence-electron chi connectivity index (χ1n) is 15.3. The van der Waals surface area contributed by atoms with Crippen molar-refractivity contribution < 1.29 is 33.6 Å². The fourth-order valence-electron chi connectivity index (χ4n) is 5.63. The van der Waals surface area contributed by atoms with Gasteiger partial charge in [-0.05, 0) is 84.9 Å². The maximum Gasteiger partial charge on any atom is 0.290 e. The molecule has 2 aliphatic rings. The quantitative estimate of drug-likeness (QED) is 0.177. The molecule has 0 unspecified atom stereocenters. The van der Waals surface area contributed by atoms with E-state index in [0.29, 0.717) is 43.1 Å². The zero-order valence-corrected chi connectivity index (χ0v) is 26.9. The number of ether oxygens (including phenoxy) is 5. The molecule has 4 aromatic rings. The van der Waals surface area contributed by atoms with Crippen LogP contribution in [-0.2, 0) is 24.6 Å². The van der Waals surface area contributed by atoms with Crippen LogP contribution in [0, 0.1) is 6.92 Å². The van der Waals surface area contributed by atoms with Crippen molar-refractivity contribution >= 4 is 18.1 Å². The topological polar surface area (TPSA) is 99.6 Å². The molecule has 1 aromatic heterocycles. The van der Waals surface area contributed by atoms with Gasteiger partial charge in [0.25, 0.3) is 6.47 Å². The number of fused-ring (bicyclic) bond motifs is 1. The summed E-state index contributed by atoms with van der Waals surface area (Å²) in [6.45, 7) is 6.69. The molecule has 0 aliphatic carbocycles.